The Kier molecular flexibility index (Phi) is 4.82. The molecule has 0 spiro atoms. The molecule has 0 fully saturated rings. The standard InChI is InChI=1S/C9H11F7/c1-2-3-4-5-6-7(10,8(11,12)13)9(14,15)16/h2H,1,3-6H2. The van der Waals surface area contributed by atoms with Crippen molar-refractivity contribution in [3.05, 3.63) is 12.7 Å². The van der Waals surface area contributed by atoms with Crippen LogP contribution in [0.1, 0.15) is 25.7 Å². The van der Waals surface area contributed by atoms with Crippen LogP contribution >= 0.6 is 0 Å². The van der Waals surface area contributed by atoms with E-state index < -0.39 is 30.9 Å². The molecule has 0 aromatic carbocycles. The summed E-state index contributed by atoms with van der Waals surface area (Å²) in [5, 5.41) is 0. The van der Waals surface area contributed by atoms with Gasteiger partial charge in [0.15, 0.2) is 0 Å². The van der Waals surface area contributed by atoms with Gasteiger partial charge in [-0.3, -0.25) is 0 Å². The van der Waals surface area contributed by atoms with E-state index in [0.29, 0.717) is 0 Å². The van der Waals surface area contributed by atoms with Gasteiger partial charge in [0, 0.05) is 0 Å². The molecule has 0 radical (unpaired) electrons. The van der Waals surface area contributed by atoms with E-state index in [0.717, 1.165) is 0 Å². The van der Waals surface area contributed by atoms with E-state index in [1.165, 1.54) is 6.08 Å². The average molecular weight is 252 g/mol. The first-order chi connectivity index (χ1) is 7.06. The molecule has 0 bridgehead atoms. The van der Waals surface area contributed by atoms with Crippen LogP contribution in [-0.4, -0.2) is 18.0 Å². The molecule has 0 aliphatic rings. The third-order valence-electron chi connectivity index (χ3n) is 2.08. The van der Waals surface area contributed by atoms with Gasteiger partial charge in [-0.1, -0.05) is 6.08 Å². The maximum Gasteiger partial charge on any atom is 0.431 e. The second kappa shape index (κ2) is 5.05. The number of allylic oxidation sites excluding steroid dienone is 1. The van der Waals surface area contributed by atoms with E-state index >= 15 is 0 Å². The molecular formula is C9H11F7. The predicted octanol–water partition coefficient (Wildman–Crippen LogP) is 4.57. The fourth-order valence-electron chi connectivity index (χ4n) is 1.10. The highest BCUT2D eigenvalue weighted by Crippen LogP contribution is 2.49. The van der Waals surface area contributed by atoms with Gasteiger partial charge in [0.2, 0.25) is 0 Å². The number of alkyl halides is 7. The second-order valence-electron chi connectivity index (χ2n) is 3.33. The maximum absolute atomic E-state index is 13.0. The predicted molar refractivity (Wildman–Crippen MR) is 44.6 cm³/mol. The molecule has 0 aliphatic carbocycles. The van der Waals surface area contributed by atoms with Gasteiger partial charge in [0.25, 0.3) is 5.67 Å². The van der Waals surface area contributed by atoms with Gasteiger partial charge in [0.1, 0.15) is 0 Å². The molecule has 0 amide bonds. The molecule has 0 atom stereocenters. The zero-order valence-corrected chi connectivity index (χ0v) is 8.26. The highest BCUT2D eigenvalue weighted by atomic mass is 19.4. The van der Waals surface area contributed by atoms with Crippen molar-refractivity contribution in [1.29, 1.82) is 0 Å². The van der Waals surface area contributed by atoms with Crippen molar-refractivity contribution >= 4 is 0 Å². The minimum Gasteiger partial charge on any atom is -0.224 e. The summed E-state index contributed by atoms with van der Waals surface area (Å²) in [6.45, 7) is 3.25. The van der Waals surface area contributed by atoms with Gasteiger partial charge in [-0.15, -0.1) is 6.58 Å². The first kappa shape index (κ1) is 15.2. The van der Waals surface area contributed by atoms with Gasteiger partial charge in [-0.2, -0.15) is 26.3 Å². The maximum atomic E-state index is 13.0. The van der Waals surface area contributed by atoms with Crippen LogP contribution < -0.4 is 0 Å². The second-order valence-corrected chi connectivity index (χ2v) is 3.33. The molecule has 96 valence electrons. The minimum absolute atomic E-state index is 0.0430. The number of hydrogen-bond acceptors (Lipinski definition) is 0. The Morgan fingerprint density at radius 1 is 0.812 bits per heavy atom. The SMILES string of the molecule is C=CCCCCC(F)(C(F)(F)F)C(F)(F)F. The van der Waals surface area contributed by atoms with E-state index in [4.69, 9.17) is 0 Å². The van der Waals surface area contributed by atoms with Crippen LogP contribution in [0.2, 0.25) is 0 Å². The average Bonchev–Trinajstić information content (AvgIpc) is 2.08. The smallest absolute Gasteiger partial charge is 0.224 e. The Morgan fingerprint density at radius 3 is 1.56 bits per heavy atom. The zero-order chi connectivity index (χ0) is 13.0. The number of unbranched alkanes of at least 4 members (excludes halogenated alkanes) is 2. The Hall–Kier alpha value is -0.750. The van der Waals surface area contributed by atoms with Crippen LogP contribution in [0.15, 0.2) is 12.7 Å². The summed E-state index contributed by atoms with van der Waals surface area (Å²) in [5.74, 6) is 0. The highest BCUT2D eigenvalue weighted by molar-refractivity contribution is 4.94. The molecule has 0 aromatic heterocycles. The Morgan fingerprint density at radius 2 is 1.25 bits per heavy atom. The Bertz CT molecular complexity index is 211. The number of halogens is 7. The molecule has 0 rings (SSSR count). The van der Waals surface area contributed by atoms with E-state index in [1.807, 2.05) is 0 Å². The van der Waals surface area contributed by atoms with Crippen LogP contribution in [-0.2, 0) is 0 Å². The Balaban J connectivity index is 4.64. The third kappa shape index (κ3) is 3.38. The lowest BCUT2D eigenvalue weighted by molar-refractivity contribution is -0.343. The van der Waals surface area contributed by atoms with Crippen molar-refractivity contribution < 1.29 is 30.7 Å². The van der Waals surface area contributed by atoms with Crippen LogP contribution in [0, 0.1) is 0 Å². The van der Waals surface area contributed by atoms with Gasteiger partial charge < -0.3 is 0 Å². The Labute approximate surface area is 88.1 Å². The van der Waals surface area contributed by atoms with Crippen molar-refractivity contribution in [2.75, 3.05) is 0 Å². The van der Waals surface area contributed by atoms with E-state index in [2.05, 4.69) is 6.58 Å². The summed E-state index contributed by atoms with van der Waals surface area (Å²) in [4.78, 5) is 0. The summed E-state index contributed by atoms with van der Waals surface area (Å²) in [7, 11) is 0. The summed E-state index contributed by atoms with van der Waals surface area (Å²) >= 11 is 0. The fraction of sp³-hybridized carbons (Fsp3) is 0.778. The summed E-state index contributed by atoms with van der Waals surface area (Å²) in [6, 6.07) is 0. The van der Waals surface area contributed by atoms with Gasteiger partial charge in [-0.25, -0.2) is 4.39 Å². The molecule has 0 heterocycles. The number of rotatable bonds is 5. The largest absolute Gasteiger partial charge is 0.431 e. The number of hydrogen-bond donors (Lipinski definition) is 0. The first-order valence-corrected chi connectivity index (χ1v) is 4.49. The lowest BCUT2D eigenvalue weighted by atomic mass is 9.96. The van der Waals surface area contributed by atoms with Crippen molar-refractivity contribution in [3.63, 3.8) is 0 Å². The topological polar surface area (TPSA) is 0 Å². The summed E-state index contributed by atoms with van der Waals surface area (Å²) < 4.78 is 84.9. The lowest BCUT2D eigenvalue weighted by Gasteiger charge is -2.29. The first-order valence-electron chi connectivity index (χ1n) is 4.49. The fourth-order valence-corrected chi connectivity index (χ4v) is 1.10. The molecule has 0 nitrogen and oxygen atoms in total. The molecule has 0 saturated carbocycles. The van der Waals surface area contributed by atoms with Crippen molar-refractivity contribution in [1.82, 2.24) is 0 Å². The van der Waals surface area contributed by atoms with E-state index in [9.17, 15) is 30.7 Å². The summed E-state index contributed by atoms with van der Waals surface area (Å²) in [5.41, 5.74) is -5.11. The molecule has 0 N–H and O–H groups in total. The van der Waals surface area contributed by atoms with Crippen molar-refractivity contribution in [3.8, 4) is 0 Å². The molecule has 16 heavy (non-hydrogen) atoms. The van der Waals surface area contributed by atoms with Crippen molar-refractivity contribution in [2.24, 2.45) is 0 Å². The zero-order valence-electron chi connectivity index (χ0n) is 8.26. The normalized spacial score (nSPS) is 13.9. The van der Waals surface area contributed by atoms with Crippen molar-refractivity contribution in [2.45, 2.75) is 43.7 Å². The van der Waals surface area contributed by atoms with Gasteiger partial charge >= 0.3 is 12.4 Å². The molecule has 0 saturated heterocycles. The van der Waals surface area contributed by atoms with E-state index in [1.54, 1.807) is 0 Å². The van der Waals surface area contributed by atoms with Crippen LogP contribution in [0.25, 0.3) is 0 Å². The third-order valence-corrected chi connectivity index (χ3v) is 2.08. The van der Waals surface area contributed by atoms with Gasteiger partial charge in [-0.05, 0) is 25.7 Å². The quantitative estimate of drug-likeness (QED) is 0.382. The van der Waals surface area contributed by atoms with E-state index in [-0.39, 0.29) is 12.8 Å². The van der Waals surface area contributed by atoms with Crippen LogP contribution in [0.4, 0.5) is 30.7 Å². The molecular weight excluding hydrogens is 241 g/mol. The monoisotopic (exact) mass is 252 g/mol. The van der Waals surface area contributed by atoms with Gasteiger partial charge in [0.05, 0.1) is 0 Å². The lowest BCUT2D eigenvalue weighted by Crippen LogP contribution is -2.53. The van der Waals surface area contributed by atoms with Crippen LogP contribution in [0.3, 0.4) is 0 Å². The molecule has 7 heteroatoms. The minimum atomic E-state index is -5.93. The molecule has 0 unspecified atom stereocenters. The summed E-state index contributed by atoms with van der Waals surface area (Å²) in [6.07, 6.45) is -12.3. The van der Waals surface area contributed by atoms with Crippen LogP contribution in [0.5, 0.6) is 0 Å². The molecule has 0 aliphatic heterocycles. The highest BCUT2D eigenvalue weighted by Gasteiger charge is 2.71. The molecule has 0 aromatic rings.